The lowest BCUT2D eigenvalue weighted by atomic mass is 9.95. The third kappa shape index (κ3) is 3.01. The zero-order chi connectivity index (χ0) is 16.7. The Morgan fingerprint density at radius 3 is 2.50 bits per heavy atom. The van der Waals surface area contributed by atoms with E-state index in [1.807, 2.05) is 35.2 Å². The average Bonchev–Trinajstić information content (AvgIpc) is 3.30. The van der Waals surface area contributed by atoms with Gasteiger partial charge in [-0.05, 0) is 35.6 Å². The van der Waals surface area contributed by atoms with E-state index in [1.54, 1.807) is 0 Å². The van der Waals surface area contributed by atoms with Crippen LogP contribution in [0.2, 0.25) is 0 Å². The standard InChI is InChI=1S/C20H21BrN2O/c21-15-8-4-7-14(9-15)16-10-17(16)20(24)23-11-18(19(22)12-23)13-5-2-1-3-6-13/h1-9,16-19H,10-12,22H2/t16?,17?,18-,19+/m0/s1. The van der Waals surface area contributed by atoms with Gasteiger partial charge >= 0.3 is 0 Å². The summed E-state index contributed by atoms with van der Waals surface area (Å²) in [6, 6.07) is 18.6. The normalized spacial score (nSPS) is 28.8. The SMILES string of the molecule is N[C@@H]1CN(C(=O)C2CC2c2cccc(Br)c2)C[C@H]1c1ccccc1. The summed E-state index contributed by atoms with van der Waals surface area (Å²) in [7, 11) is 0. The van der Waals surface area contributed by atoms with Gasteiger partial charge in [-0.1, -0.05) is 58.4 Å². The second-order valence-corrected chi connectivity index (χ2v) is 7.84. The molecule has 2 N–H and O–H groups in total. The first-order valence-electron chi connectivity index (χ1n) is 8.48. The highest BCUT2D eigenvalue weighted by molar-refractivity contribution is 9.10. The maximum atomic E-state index is 12.9. The number of likely N-dealkylation sites (tertiary alicyclic amines) is 1. The highest BCUT2D eigenvalue weighted by Gasteiger charge is 2.47. The van der Waals surface area contributed by atoms with Gasteiger partial charge in [0.05, 0.1) is 0 Å². The second-order valence-electron chi connectivity index (χ2n) is 6.93. The summed E-state index contributed by atoms with van der Waals surface area (Å²) >= 11 is 3.51. The summed E-state index contributed by atoms with van der Waals surface area (Å²) in [5, 5.41) is 0. The molecule has 24 heavy (non-hydrogen) atoms. The highest BCUT2D eigenvalue weighted by Crippen LogP contribution is 2.49. The fourth-order valence-electron chi connectivity index (χ4n) is 3.87. The molecule has 1 saturated heterocycles. The van der Waals surface area contributed by atoms with Crippen molar-refractivity contribution in [2.75, 3.05) is 13.1 Å². The molecule has 0 spiro atoms. The van der Waals surface area contributed by atoms with Gasteiger partial charge in [-0.3, -0.25) is 4.79 Å². The van der Waals surface area contributed by atoms with E-state index in [9.17, 15) is 4.79 Å². The number of nitrogens with two attached hydrogens (primary N) is 1. The molecule has 2 fully saturated rings. The van der Waals surface area contributed by atoms with Crippen LogP contribution in [-0.4, -0.2) is 29.9 Å². The molecule has 1 saturated carbocycles. The van der Waals surface area contributed by atoms with Gasteiger partial charge in [0.25, 0.3) is 0 Å². The lowest BCUT2D eigenvalue weighted by molar-refractivity contribution is -0.131. The van der Waals surface area contributed by atoms with Gasteiger partial charge in [-0.25, -0.2) is 0 Å². The van der Waals surface area contributed by atoms with E-state index in [1.165, 1.54) is 11.1 Å². The minimum atomic E-state index is 0.0272. The molecular formula is C20H21BrN2O. The fraction of sp³-hybridized carbons (Fsp3) is 0.350. The van der Waals surface area contributed by atoms with Gasteiger partial charge in [-0.2, -0.15) is 0 Å². The van der Waals surface area contributed by atoms with Crippen LogP contribution in [-0.2, 0) is 4.79 Å². The monoisotopic (exact) mass is 384 g/mol. The summed E-state index contributed by atoms with van der Waals surface area (Å²) in [6.07, 6.45) is 0.955. The maximum absolute atomic E-state index is 12.9. The summed E-state index contributed by atoms with van der Waals surface area (Å²) in [5.41, 5.74) is 8.82. The molecule has 3 nitrogen and oxygen atoms in total. The zero-order valence-electron chi connectivity index (χ0n) is 13.4. The molecule has 4 heteroatoms. The van der Waals surface area contributed by atoms with Crippen LogP contribution >= 0.6 is 15.9 Å². The lowest BCUT2D eigenvalue weighted by Crippen LogP contribution is -2.33. The van der Waals surface area contributed by atoms with Crippen molar-refractivity contribution in [3.8, 4) is 0 Å². The molecule has 1 aliphatic carbocycles. The van der Waals surface area contributed by atoms with Gasteiger partial charge in [0.1, 0.15) is 0 Å². The van der Waals surface area contributed by atoms with Crippen LogP contribution in [0.1, 0.15) is 29.4 Å². The number of amides is 1. The molecule has 2 aliphatic rings. The van der Waals surface area contributed by atoms with Crippen LogP contribution < -0.4 is 5.73 Å². The average molecular weight is 385 g/mol. The molecule has 0 aromatic heterocycles. The lowest BCUT2D eigenvalue weighted by Gasteiger charge is -2.16. The molecule has 0 radical (unpaired) electrons. The molecule has 1 aliphatic heterocycles. The van der Waals surface area contributed by atoms with E-state index in [0.29, 0.717) is 12.5 Å². The minimum Gasteiger partial charge on any atom is -0.340 e. The molecule has 1 amide bonds. The number of hydrogen-bond acceptors (Lipinski definition) is 2. The Morgan fingerprint density at radius 2 is 1.75 bits per heavy atom. The Hall–Kier alpha value is -1.65. The van der Waals surface area contributed by atoms with Crippen LogP contribution in [0.4, 0.5) is 0 Å². The topological polar surface area (TPSA) is 46.3 Å². The van der Waals surface area contributed by atoms with Gasteiger partial charge in [0.2, 0.25) is 5.91 Å². The first-order valence-corrected chi connectivity index (χ1v) is 9.27. The predicted octanol–water partition coefficient (Wildman–Crippen LogP) is 3.51. The van der Waals surface area contributed by atoms with Crippen molar-refractivity contribution in [3.63, 3.8) is 0 Å². The van der Waals surface area contributed by atoms with Crippen molar-refractivity contribution in [2.24, 2.45) is 11.7 Å². The summed E-state index contributed by atoms with van der Waals surface area (Å²) in [5.74, 6) is 1.01. The van der Waals surface area contributed by atoms with Gasteiger partial charge < -0.3 is 10.6 Å². The van der Waals surface area contributed by atoms with Crippen LogP contribution in [0.3, 0.4) is 0 Å². The molecule has 2 unspecified atom stereocenters. The van der Waals surface area contributed by atoms with Gasteiger partial charge in [0.15, 0.2) is 0 Å². The fourth-order valence-corrected chi connectivity index (χ4v) is 4.29. The number of carbonyl (C=O) groups is 1. The van der Waals surface area contributed by atoms with Crippen LogP contribution in [0, 0.1) is 5.92 Å². The Balaban J connectivity index is 1.43. The van der Waals surface area contributed by atoms with E-state index in [0.717, 1.165) is 17.4 Å². The number of hydrogen-bond donors (Lipinski definition) is 1. The highest BCUT2D eigenvalue weighted by atomic mass is 79.9. The first-order chi connectivity index (χ1) is 11.6. The van der Waals surface area contributed by atoms with E-state index >= 15 is 0 Å². The number of carbonyl (C=O) groups excluding carboxylic acids is 1. The summed E-state index contributed by atoms with van der Waals surface area (Å²) in [6.45, 7) is 1.41. The number of benzene rings is 2. The molecule has 1 heterocycles. The van der Waals surface area contributed by atoms with Crippen molar-refractivity contribution in [2.45, 2.75) is 24.3 Å². The van der Waals surface area contributed by atoms with E-state index in [2.05, 4.69) is 40.2 Å². The Kier molecular flexibility index (Phi) is 4.19. The van der Waals surface area contributed by atoms with E-state index in [4.69, 9.17) is 5.73 Å². The van der Waals surface area contributed by atoms with Crippen molar-refractivity contribution in [1.29, 1.82) is 0 Å². The van der Waals surface area contributed by atoms with Gasteiger partial charge in [0, 0.05) is 35.4 Å². The van der Waals surface area contributed by atoms with Gasteiger partial charge in [-0.15, -0.1) is 0 Å². The third-order valence-electron chi connectivity index (χ3n) is 5.29. The molecule has 4 rings (SSSR count). The van der Waals surface area contributed by atoms with E-state index < -0.39 is 0 Å². The summed E-state index contributed by atoms with van der Waals surface area (Å²) < 4.78 is 1.07. The van der Waals surface area contributed by atoms with E-state index in [-0.39, 0.29) is 23.8 Å². The molecule has 0 bridgehead atoms. The first kappa shape index (κ1) is 15.9. The van der Waals surface area contributed by atoms with Crippen molar-refractivity contribution in [1.82, 2.24) is 4.90 Å². The smallest absolute Gasteiger partial charge is 0.226 e. The van der Waals surface area contributed by atoms with Crippen molar-refractivity contribution >= 4 is 21.8 Å². The molecule has 2 aromatic carbocycles. The second kappa shape index (κ2) is 6.34. The molecule has 2 aromatic rings. The van der Waals surface area contributed by atoms with Crippen LogP contribution in [0.15, 0.2) is 59.1 Å². The number of halogens is 1. The summed E-state index contributed by atoms with van der Waals surface area (Å²) in [4.78, 5) is 14.8. The zero-order valence-corrected chi connectivity index (χ0v) is 15.0. The molecular weight excluding hydrogens is 364 g/mol. The third-order valence-corrected chi connectivity index (χ3v) is 5.78. The Bertz CT molecular complexity index is 748. The van der Waals surface area contributed by atoms with Crippen molar-refractivity contribution in [3.05, 3.63) is 70.2 Å². The largest absolute Gasteiger partial charge is 0.340 e. The van der Waals surface area contributed by atoms with Crippen LogP contribution in [0.5, 0.6) is 0 Å². The van der Waals surface area contributed by atoms with Crippen LogP contribution in [0.25, 0.3) is 0 Å². The number of rotatable bonds is 3. The predicted molar refractivity (Wildman–Crippen MR) is 98.7 cm³/mol. The minimum absolute atomic E-state index is 0.0272. The maximum Gasteiger partial charge on any atom is 0.226 e. The Labute approximate surface area is 151 Å². The van der Waals surface area contributed by atoms with Crippen molar-refractivity contribution < 1.29 is 4.79 Å². The Morgan fingerprint density at radius 1 is 1.00 bits per heavy atom. The molecule has 124 valence electrons. The number of nitrogens with zero attached hydrogens (tertiary/aromatic N) is 1. The molecule has 4 atom stereocenters. The quantitative estimate of drug-likeness (QED) is 0.879.